The highest BCUT2D eigenvalue weighted by Crippen LogP contribution is 2.33. The molecule has 2 aliphatic heterocycles. The summed E-state index contributed by atoms with van der Waals surface area (Å²) in [5, 5.41) is 5.46. The summed E-state index contributed by atoms with van der Waals surface area (Å²) in [5.74, 6) is 0.0381. The fourth-order valence-electron chi connectivity index (χ4n) is 4.45. The van der Waals surface area contributed by atoms with Crippen molar-refractivity contribution in [2.75, 3.05) is 18.0 Å². The van der Waals surface area contributed by atoms with Gasteiger partial charge >= 0.3 is 0 Å². The molecular weight excluding hydrogens is 370 g/mol. The largest absolute Gasteiger partial charge is 0.347 e. The normalized spacial score (nSPS) is 17.0. The molecule has 0 saturated heterocycles. The number of anilines is 1. The maximum atomic E-state index is 12.9. The fraction of sp³-hybridized carbons (Fsp3) is 0.261. The average molecular weight is 392 g/mol. The maximum Gasteiger partial charge on any atom is 0.251 e. The van der Waals surface area contributed by atoms with Gasteiger partial charge in [0, 0.05) is 61.0 Å². The molecule has 0 atom stereocenters. The van der Waals surface area contributed by atoms with Crippen molar-refractivity contribution in [3.8, 4) is 0 Å². The summed E-state index contributed by atoms with van der Waals surface area (Å²) in [7, 11) is 2.13. The molecule has 5 heteroatoms. The Hall–Kier alpha value is -2.56. The first-order valence-electron chi connectivity index (χ1n) is 9.71. The number of fused-ring (bicyclic) bond motifs is 3. The van der Waals surface area contributed by atoms with Crippen LogP contribution in [0.25, 0.3) is 16.5 Å². The highest BCUT2D eigenvalue weighted by atomic mass is 35.5. The van der Waals surface area contributed by atoms with E-state index in [0.717, 1.165) is 42.8 Å². The van der Waals surface area contributed by atoms with Crippen LogP contribution in [0.3, 0.4) is 0 Å². The monoisotopic (exact) mass is 391 g/mol. The van der Waals surface area contributed by atoms with E-state index >= 15 is 0 Å². The molecule has 0 radical (unpaired) electrons. The number of benzene rings is 2. The zero-order chi connectivity index (χ0) is 19.3. The molecule has 0 aliphatic carbocycles. The number of hydrogen-bond donors (Lipinski definition) is 1. The van der Waals surface area contributed by atoms with Crippen LogP contribution in [0.5, 0.6) is 0 Å². The lowest BCUT2D eigenvalue weighted by molar-refractivity contribution is -0.114. The number of carbonyl (C=O) groups is 1. The van der Waals surface area contributed by atoms with Crippen molar-refractivity contribution in [1.82, 2.24) is 9.88 Å². The molecule has 0 saturated carbocycles. The third-order valence-electron chi connectivity index (χ3n) is 5.96. The van der Waals surface area contributed by atoms with E-state index < -0.39 is 0 Å². The summed E-state index contributed by atoms with van der Waals surface area (Å²) in [5.41, 5.74) is 7.10. The third kappa shape index (κ3) is 2.84. The van der Waals surface area contributed by atoms with Gasteiger partial charge in [-0.2, -0.15) is 0 Å². The minimum absolute atomic E-state index is 0.0381. The lowest BCUT2D eigenvalue weighted by Gasteiger charge is -2.27. The van der Waals surface area contributed by atoms with Crippen LogP contribution in [0, 0.1) is 0 Å². The van der Waals surface area contributed by atoms with Crippen molar-refractivity contribution < 1.29 is 4.79 Å². The molecule has 1 amide bonds. The minimum Gasteiger partial charge on any atom is -0.347 e. The number of nitrogens with zero attached hydrogens (tertiary/aromatic N) is 2. The summed E-state index contributed by atoms with van der Waals surface area (Å²) in [6.07, 6.45) is 3.64. The number of amides is 1. The Labute approximate surface area is 169 Å². The van der Waals surface area contributed by atoms with Gasteiger partial charge in [0.2, 0.25) is 0 Å². The van der Waals surface area contributed by atoms with Crippen LogP contribution in [0.15, 0.2) is 48.5 Å². The van der Waals surface area contributed by atoms with Crippen LogP contribution in [-0.2, 0) is 24.8 Å². The van der Waals surface area contributed by atoms with Crippen LogP contribution < -0.4 is 10.2 Å². The molecule has 0 spiro atoms. The zero-order valence-electron chi connectivity index (χ0n) is 15.8. The fourth-order valence-corrected chi connectivity index (χ4v) is 4.58. The van der Waals surface area contributed by atoms with Crippen molar-refractivity contribution in [3.63, 3.8) is 0 Å². The second-order valence-corrected chi connectivity index (χ2v) is 7.97. The van der Waals surface area contributed by atoms with Crippen LogP contribution in [0.4, 0.5) is 5.69 Å². The molecule has 1 aromatic heterocycles. The van der Waals surface area contributed by atoms with Gasteiger partial charge < -0.3 is 14.8 Å². The molecule has 0 fully saturated rings. The summed E-state index contributed by atoms with van der Waals surface area (Å²) < 4.78 is 2.29. The van der Waals surface area contributed by atoms with Gasteiger partial charge in [0.1, 0.15) is 0 Å². The van der Waals surface area contributed by atoms with Gasteiger partial charge in [-0.1, -0.05) is 29.8 Å². The van der Waals surface area contributed by atoms with Gasteiger partial charge in [-0.3, -0.25) is 4.79 Å². The van der Waals surface area contributed by atoms with Crippen LogP contribution in [0.1, 0.15) is 23.2 Å². The Morgan fingerprint density at radius 3 is 2.68 bits per heavy atom. The second-order valence-electron chi connectivity index (χ2n) is 7.53. The summed E-state index contributed by atoms with van der Waals surface area (Å²) >= 11 is 5.98. The second kappa shape index (κ2) is 6.80. The highest BCUT2D eigenvalue weighted by Gasteiger charge is 2.23. The number of hydrogen-bond acceptors (Lipinski definition) is 2. The Morgan fingerprint density at radius 2 is 1.89 bits per heavy atom. The Morgan fingerprint density at radius 1 is 1.07 bits per heavy atom. The van der Waals surface area contributed by atoms with Gasteiger partial charge in [0.15, 0.2) is 0 Å². The summed E-state index contributed by atoms with van der Waals surface area (Å²) in [6.45, 7) is 2.62. The smallest absolute Gasteiger partial charge is 0.251 e. The molecule has 5 rings (SSSR count). The van der Waals surface area contributed by atoms with Crippen LogP contribution in [0.2, 0.25) is 5.02 Å². The molecule has 1 N–H and O–H groups in total. The predicted molar refractivity (Wildman–Crippen MR) is 115 cm³/mol. The quantitative estimate of drug-likeness (QED) is 0.707. The highest BCUT2D eigenvalue weighted by molar-refractivity contribution is 6.30. The molecule has 2 aliphatic rings. The molecule has 0 bridgehead atoms. The molecule has 2 aromatic carbocycles. The SMILES string of the molecule is Cn1c2c(c3ccc(N4CCC(c5ccc(Cl)cc5)=CC4=O)cc31)CNCC2. The Kier molecular flexibility index (Phi) is 4.26. The standard InChI is InChI=1S/C23H22ClN3O/c1-26-21-8-10-25-14-20(21)19-7-6-18(13-22(19)26)27-11-9-16(12-23(27)28)15-2-4-17(24)5-3-15/h2-7,12-13,25H,8-11,14H2,1H3. The van der Waals surface area contributed by atoms with Crippen molar-refractivity contribution in [1.29, 1.82) is 0 Å². The topological polar surface area (TPSA) is 37.3 Å². The molecule has 142 valence electrons. The molecule has 0 unspecified atom stereocenters. The first kappa shape index (κ1) is 17.5. The molecule has 4 nitrogen and oxygen atoms in total. The van der Waals surface area contributed by atoms with E-state index in [1.807, 2.05) is 29.2 Å². The van der Waals surface area contributed by atoms with Crippen molar-refractivity contribution in [2.45, 2.75) is 19.4 Å². The van der Waals surface area contributed by atoms with Gasteiger partial charge in [-0.05, 0) is 47.4 Å². The number of carbonyl (C=O) groups excluding carboxylic acids is 1. The van der Waals surface area contributed by atoms with E-state index in [0.29, 0.717) is 11.6 Å². The summed E-state index contributed by atoms with van der Waals surface area (Å²) in [4.78, 5) is 14.7. The maximum absolute atomic E-state index is 12.9. The first-order valence-corrected chi connectivity index (χ1v) is 10.1. The van der Waals surface area contributed by atoms with E-state index in [4.69, 9.17) is 11.6 Å². The van der Waals surface area contributed by atoms with Gasteiger partial charge in [-0.15, -0.1) is 0 Å². The molecular formula is C23H22ClN3O. The number of halogens is 1. The van der Waals surface area contributed by atoms with E-state index in [1.165, 1.54) is 22.2 Å². The number of rotatable bonds is 2. The van der Waals surface area contributed by atoms with Gasteiger partial charge in [0.05, 0.1) is 5.52 Å². The third-order valence-corrected chi connectivity index (χ3v) is 6.21. The van der Waals surface area contributed by atoms with Gasteiger partial charge in [0.25, 0.3) is 5.91 Å². The number of aryl methyl sites for hydroxylation is 1. The van der Waals surface area contributed by atoms with Crippen molar-refractivity contribution in [3.05, 3.63) is 70.4 Å². The number of nitrogens with one attached hydrogen (secondary N) is 1. The van der Waals surface area contributed by atoms with Crippen molar-refractivity contribution in [2.24, 2.45) is 7.05 Å². The predicted octanol–water partition coefficient (Wildman–Crippen LogP) is 4.30. The van der Waals surface area contributed by atoms with E-state index in [1.54, 1.807) is 6.08 Å². The number of aromatic nitrogens is 1. The Balaban J connectivity index is 1.48. The summed E-state index contributed by atoms with van der Waals surface area (Å²) in [6, 6.07) is 14.1. The molecule has 28 heavy (non-hydrogen) atoms. The van der Waals surface area contributed by atoms with E-state index in [9.17, 15) is 4.79 Å². The minimum atomic E-state index is 0.0381. The lowest BCUT2D eigenvalue weighted by atomic mass is 9.98. The Bertz CT molecular complexity index is 1110. The van der Waals surface area contributed by atoms with E-state index in [-0.39, 0.29) is 5.91 Å². The molecule has 3 heterocycles. The first-order chi connectivity index (χ1) is 13.6. The average Bonchev–Trinajstić information content (AvgIpc) is 3.01. The van der Waals surface area contributed by atoms with Crippen molar-refractivity contribution >= 4 is 39.7 Å². The van der Waals surface area contributed by atoms with E-state index in [2.05, 4.69) is 35.1 Å². The van der Waals surface area contributed by atoms with Crippen LogP contribution >= 0.6 is 11.6 Å². The van der Waals surface area contributed by atoms with Crippen LogP contribution in [-0.4, -0.2) is 23.6 Å². The lowest BCUT2D eigenvalue weighted by Crippen LogP contribution is -2.33. The molecule has 3 aromatic rings. The van der Waals surface area contributed by atoms with Gasteiger partial charge in [-0.25, -0.2) is 0 Å². The zero-order valence-corrected chi connectivity index (χ0v) is 16.6.